The highest BCUT2D eigenvalue weighted by Gasteiger charge is 2.34. The second-order valence-corrected chi connectivity index (χ2v) is 7.64. The molecule has 1 fully saturated rings. The molecule has 1 aliphatic heterocycles. The van der Waals surface area contributed by atoms with Crippen LogP contribution in [0.4, 0.5) is 13.2 Å². The van der Waals surface area contributed by atoms with E-state index in [9.17, 15) is 18.3 Å². The Bertz CT molecular complexity index is 959. The van der Waals surface area contributed by atoms with E-state index in [1.165, 1.54) is 28.0 Å². The third-order valence-corrected chi connectivity index (χ3v) is 5.92. The van der Waals surface area contributed by atoms with Crippen molar-refractivity contribution in [1.82, 2.24) is 19.5 Å². The number of aromatic hydroxyl groups is 1. The van der Waals surface area contributed by atoms with Gasteiger partial charge in [0.2, 0.25) is 10.8 Å². The Balaban J connectivity index is 1.83. The third kappa shape index (κ3) is 3.29. The molecule has 144 valence electrons. The van der Waals surface area contributed by atoms with Gasteiger partial charge in [-0.2, -0.15) is 17.7 Å². The topological polar surface area (TPSA) is 53.7 Å². The van der Waals surface area contributed by atoms with Gasteiger partial charge in [0, 0.05) is 6.42 Å². The largest absolute Gasteiger partial charge is 0.492 e. The maximum atomic E-state index is 13.2. The lowest BCUT2D eigenvalue weighted by atomic mass is 10.0. The lowest BCUT2D eigenvalue weighted by molar-refractivity contribution is -0.137. The lowest BCUT2D eigenvalue weighted by Gasteiger charge is -2.27. The van der Waals surface area contributed by atoms with Crippen LogP contribution in [0.3, 0.4) is 0 Å². The smallest absolute Gasteiger partial charge is 0.416 e. The average Bonchev–Trinajstić information content (AvgIpc) is 3.35. The van der Waals surface area contributed by atoms with Crippen molar-refractivity contribution in [2.24, 2.45) is 0 Å². The molecule has 1 atom stereocenters. The summed E-state index contributed by atoms with van der Waals surface area (Å²) in [6, 6.07) is 4.90. The number of aryl methyl sites for hydroxylation is 1. The molecule has 0 saturated carbocycles. The zero-order valence-corrected chi connectivity index (χ0v) is 15.5. The molecule has 2 aromatic heterocycles. The normalized spacial score (nSPS) is 17.0. The summed E-state index contributed by atoms with van der Waals surface area (Å²) in [4.78, 5) is 7.63. The molecule has 0 spiro atoms. The SMILES string of the molecule is CCc1nc2sc([C@H](c3cccc(C(F)(F)F)c3)N3CCCC3)c(O)n2n1. The molecule has 1 aromatic carbocycles. The minimum absolute atomic E-state index is 0.0449. The van der Waals surface area contributed by atoms with Crippen molar-refractivity contribution < 1.29 is 18.3 Å². The van der Waals surface area contributed by atoms with Crippen molar-refractivity contribution in [3.8, 4) is 5.88 Å². The fourth-order valence-electron chi connectivity index (χ4n) is 3.53. The Morgan fingerprint density at radius 2 is 2.00 bits per heavy atom. The van der Waals surface area contributed by atoms with Crippen LogP contribution >= 0.6 is 11.3 Å². The summed E-state index contributed by atoms with van der Waals surface area (Å²) in [6.45, 7) is 3.47. The molecular formula is C18H19F3N4OS. The third-order valence-electron chi connectivity index (χ3n) is 4.84. The average molecular weight is 396 g/mol. The summed E-state index contributed by atoms with van der Waals surface area (Å²) in [5.41, 5.74) is -0.168. The number of thiazole rings is 1. The molecule has 0 bridgehead atoms. The number of likely N-dealkylation sites (tertiary alicyclic amines) is 1. The van der Waals surface area contributed by atoms with Crippen LogP contribution in [0.15, 0.2) is 24.3 Å². The van der Waals surface area contributed by atoms with Crippen LogP contribution in [-0.4, -0.2) is 37.7 Å². The first-order valence-electron chi connectivity index (χ1n) is 8.87. The Labute approximate surface area is 158 Å². The van der Waals surface area contributed by atoms with Gasteiger partial charge in [0.25, 0.3) is 0 Å². The lowest BCUT2D eigenvalue weighted by Crippen LogP contribution is -2.26. The Kier molecular flexibility index (Phi) is 4.59. The highest BCUT2D eigenvalue weighted by atomic mass is 32.1. The van der Waals surface area contributed by atoms with E-state index in [0.29, 0.717) is 27.6 Å². The summed E-state index contributed by atoms with van der Waals surface area (Å²) in [7, 11) is 0. The van der Waals surface area contributed by atoms with Gasteiger partial charge in [0.05, 0.1) is 16.5 Å². The molecule has 1 N–H and O–H groups in total. The zero-order chi connectivity index (χ0) is 19.2. The molecule has 27 heavy (non-hydrogen) atoms. The van der Waals surface area contributed by atoms with Crippen molar-refractivity contribution >= 4 is 16.3 Å². The first-order valence-corrected chi connectivity index (χ1v) is 9.68. The number of benzene rings is 1. The molecule has 0 amide bonds. The Morgan fingerprint density at radius 3 is 2.63 bits per heavy atom. The highest BCUT2D eigenvalue weighted by Crippen LogP contribution is 2.42. The number of halogens is 3. The van der Waals surface area contributed by atoms with E-state index >= 15 is 0 Å². The molecule has 0 unspecified atom stereocenters. The maximum absolute atomic E-state index is 13.2. The second-order valence-electron chi connectivity index (χ2n) is 6.63. The first-order chi connectivity index (χ1) is 12.9. The molecule has 0 radical (unpaired) electrons. The van der Waals surface area contributed by atoms with E-state index in [4.69, 9.17) is 0 Å². The molecule has 9 heteroatoms. The molecule has 0 aliphatic carbocycles. The number of aromatic nitrogens is 3. The van der Waals surface area contributed by atoms with Crippen LogP contribution in [-0.2, 0) is 12.6 Å². The van der Waals surface area contributed by atoms with Gasteiger partial charge in [-0.3, -0.25) is 4.90 Å². The predicted octanol–water partition coefficient (Wildman–Crippen LogP) is 4.26. The first kappa shape index (κ1) is 18.2. The molecule has 5 nitrogen and oxygen atoms in total. The molecule has 3 heterocycles. The molecule has 4 rings (SSSR count). The number of hydrogen-bond donors (Lipinski definition) is 1. The van der Waals surface area contributed by atoms with Gasteiger partial charge < -0.3 is 5.11 Å². The highest BCUT2D eigenvalue weighted by molar-refractivity contribution is 7.17. The quantitative estimate of drug-likeness (QED) is 0.716. The standard InChI is InChI=1S/C18H19F3N4OS/c1-2-13-22-17-25(23-13)16(26)15(27-17)14(24-8-3-4-9-24)11-6-5-7-12(10-11)18(19,20)21/h5-7,10,14,26H,2-4,8-9H2,1H3/t14-/m0/s1. The van der Waals surface area contributed by atoms with E-state index in [1.54, 1.807) is 6.07 Å². The number of fused-ring (bicyclic) bond motifs is 1. The van der Waals surface area contributed by atoms with E-state index in [1.807, 2.05) is 6.92 Å². The number of rotatable bonds is 4. The van der Waals surface area contributed by atoms with Crippen molar-refractivity contribution in [2.75, 3.05) is 13.1 Å². The van der Waals surface area contributed by atoms with Crippen LogP contribution in [0.25, 0.3) is 4.96 Å². The summed E-state index contributed by atoms with van der Waals surface area (Å²) in [6.07, 6.45) is -1.80. The van der Waals surface area contributed by atoms with Crippen LogP contribution in [0.5, 0.6) is 5.88 Å². The number of nitrogens with zero attached hydrogens (tertiary/aromatic N) is 4. The van der Waals surface area contributed by atoms with Crippen molar-refractivity contribution in [3.05, 3.63) is 46.1 Å². The molecule has 1 aliphatic rings. The molecular weight excluding hydrogens is 377 g/mol. The number of alkyl halides is 3. The van der Waals surface area contributed by atoms with Gasteiger partial charge in [-0.1, -0.05) is 30.4 Å². The zero-order valence-electron chi connectivity index (χ0n) is 14.7. The summed E-state index contributed by atoms with van der Waals surface area (Å²) in [5.74, 6) is 0.580. The summed E-state index contributed by atoms with van der Waals surface area (Å²) in [5, 5.41) is 15.0. The monoisotopic (exact) mass is 396 g/mol. The van der Waals surface area contributed by atoms with Crippen LogP contribution < -0.4 is 0 Å². The minimum Gasteiger partial charge on any atom is -0.492 e. The maximum Gasteiger partial charge on any atom is 0.416 e. The number of hydrogen-bond acceptors (Lipinski definition) is 5. The minimum atomic E-state index is -4.41. The van der Waals surface area contributed by atoms with E-state index in [2.05, 4.69) is 15.0 Å². The fraction of sp³-hybridized carbons (Fsp3) is 0.444. The molecule has 3 aromatic rings. The summed E-state index contributed by atoms with van der Waals surface area (Å²) < 4.78 is 41.0. The van der Waals surface area contributed by atoms with E-state index in [0.717, 1.165) is 32.0 Å². The van der Waals surface area contributed by atoms with Crippen LogP contribution in [0.1, 0.15) is 47.6 Å². The van der Waals surface area contributed by atoms with Gasteiger partial charge in [-0.15, -0.1) is 5.10 Å². The van der Waals surface area contributed by atoms with Gasteiger partial charge in [-0.25, -0.2) is 4.98 Å². The van der Waals surface area contributed by atoms with Gasteiger partial charge in [-0.05, 0) is 43.6 Å². The van der Waals surface area contributed by atoms with Crippen LogP contribution in [0.2, 0.25) is 0 Å². The van der Waals surface area contributed by atoms with Gasteiger partial charge >= 0.3 is 6.18 Å². The second kappa shape index (κ2) is 6.79. The van der Waals surface area contributed by atoms with E-state index in [-0.39, 0.29) is 5.88 Å². The van der Waals surface area contributed by atoms with E-state index < -0.39 is 17.8 Å². The summed E-state index contributed by atoms with van der Waals surface area (Å²) >= 11 is 1.28. The fourth-order valence-corrected chi connectivity index (χ4v) is 4.67. The van der Waals surface area contributed by atoms with Gasteiger partial charge in [0.1, 0.15) is 0 Å². The van der Waals surface area contributed by atoms with Crippen LogP contribution in [0, 0.1) is 0 Å². The molecule has 1 saturated heterocycles. The Hall–Kier alpha value is -2.13. The van der Waals surface area contributed by atoms with Gasteiger partial charge in [0.15, 0.2) is 5.82 Å². The van der Waals surface area contributed by atoms with Crippen molar-refractivity contribution in [3.63, 3.8) is 0 Å². The Morgan fingerprint density at radius 1 is 1.26 bits per heavy atom. The predicted molar refractivity (Wildman–Crippen MR) is 96.0 cm³/mol. The van der Waals surface area contributed by atoms with Crippen molar-refractivity contribution in [1.29, 1.82) is 0 Å². The van der Waals surface area contributed by atoms with Crippen molar-refractivity contribution in [2.45, 2.75) is 38.4 Å².